The number of nitrogens with one attached hydrogen (secondary N) is 1. The Morgan fingerprint density at radius 1 is 1.27 bits per heavy atom. The summed E-state index contributed by atoms with van der Waals surface area (Å²) in [6.07, 6.45) is -0.237. The summed E-state index contributed by atoms with van der Waals surface area (Å²) in [4.78, 5) is 17.2. The minimum Gasteiger partial charge on any atom is -0.480 e. The van der Waals surface area contributed by atoms with Crippen LogP contribution in [0.2, 0.25) is 5.02 Å². The zero-order valence-electron chi connectivity index (χ0n) is 14.1. The fourth-order valence-corrected chi connectivity index (χ4v) is 3.71. The van der Waals surface area contributed by atoms with Gasteiger partial charge in [-0.05, 0) is 48.0 Å². The van der Waals surface area contributed by atoms with Crippen LogP contribution in [0.4, 0.5) is 5.69 Å². The summed E-state index contributed by atoms with van der Waals surface area (Å²) in [5.74, 6) is 0.320. The Morgan fingerprint density at radius 3 is 2.62 bits per heavy atom. The van der Waals surface area contributed by atoms with Gasteiger partial charge >= 0.3 is 0 Å². The Hall–Kier alpha value is -2.13. The van der Waals surface area contributed by atoms with E-state index in [-0.39, 0.29) is 10.8 Å². The summed E-state index contributed by atoms with van der Waals surface area (Å²) in [7, 11) is -1.17. The molecule has 2 aromatic rings. The second kappa shape index (κ2) is 7.24. The molecule has 0 radical (unpaired) electrons. The van der Waals surface area contributed by atoms with Gasteiger partial charge in [0.1, 0.15) is 5.75 Å². The Kier molecular flexibility index (Phi) is 5.19. The molecule has 1 atom stereocenters. The summed E-state index contributed by atoms with van der Waals surface area (Å²) in [5, 5.41) is 3.31. The average Bonchev–Trinajstić information content (AvgIpc) is 3.04. The number of hydrogen-bond acceptors (Lipinski definition) is 5. The first-order valence-corrected chi connectivity index (χ1v) is 9.52. The molecular weight excluding hydrogens is 380 g/mol. The zero-order valence-corrected chi connectivity index (χ0v) is 15.7. The average molecular weight is 397 g/mol. The van der Waals surface area contributed by atoms with Crippen LogP contribution in [0.1, 0.15) is 5.56 Å². The molecule has 7 nitrogen and oxygen atoms in total. The summed E-state index contributed by atoms with van der Waals surface area (Å²) in [5.41, 5.74) is 1.34. The lowest BCUT2D eigenvalue weighted by atomic mass is 10.1. The van der Waals surface area contributed by atoms with Gasteiger partial charge in [-0.15, -0.1) is 0 Å². The van der Waals surface area contributed by atoms with Gasteiger partial charge < -0.3 is 10.1 Å². The molecular formula is C17H17ClN2O5S. The molecule has 26 heavy (non-hydrogen) atoms. The van der Waals surface area contributed by atoms with Crippen molar-refractivity contribution >= 4 is 33.2 Å². The van der Waals surface area contributed by atoms with E-state index in [1.54, 1.807) is 18.2 Å². The maximum absolute atomic E-state index is 12.4. The van der Waals surface area contributed by atoms with Crippen molar-refractivity contribution in [3.63, 3.8) is 0 Å². The Morgan fingerprint density at radius 2 is 1.96 bits per heavy atom. The number of ether oxygens (including phenoxy) is 1. The van der Waals surface area contributed by atoms with Gasteiger partial charge in [-0.2, -0.15) is 0 Å². The Bertz CT molecular complexity index is 931. The molecule has 0 bridgehead atoms. The van der Waals surface area contributed by atoms with Crippen molar-refractivity contribution in [3.05, 3.63) is 53.1 Å². The normalized spacial score (nSPS) is 16.2. The lowest BCUT2D eigenvalue weighted by molar-refractivity contribution is -0.122. The van der Waals surface area contributed by atoms with Crippen LogP contribution in [0.15, 0.2) is 47.4 Å². The van der Waals surface area contributed by atoms with Gasteiger partial charge in [-0.25, -0.2) is 8.42 Å². The van der Waals surface area contributed by atoms with E-state index in [4.69, 9.17) is 21.2 Å². The molecule has 0 saturated carbocycles. The van der Waals surface area contributed by atoms with Crippen LogP contribution in [0, 0.1) is 0 Å². The summed E-state index contributed by atoms with van der Waals surface area (Å²) in [6.45, 7) is 0. The number of amides is 1. The zero-order chi connectivity index (χ0) is 18.9. The maximum Gasteiger partial charge on any atom is 0.265 e. The highest BCUT2D eigenvalue weighted by Crippen LogP contribution is 2.31. The third kappa shape index (κ3) is 3.68. The quantitative estimate of drug-likeness (QED) is 0.785. The molecule has 2 aromatic carbocycles. The van der Waals surface area contributed by atoms with Crippen LogP contribution >= 0.6 is 11.6 Å². The summed E-state index contributed by atoms with van der Waals surface area (Å²) < 4.78 is 30.7. The van der Waals surface area contributed by atoms with E-state index in [9.17, 15) is 13.2 Å². The fraction of sp³-hybridized carbons (Fsp3) is 0.235. The highest BCUT2D eigenvalue weighted by Gasteiger charge is 2.29. The molecule has 1 amide bonds. The van der Waals surface area contributed by atoms with E-state index in [2.05, 4.69) is 5.32 Å². The minimum absolute atomic E-state index is 0.0546. The largest absolute Gasteiger partial charge is 0.480 e. The summed E-state index contributed by atoms with van der Waals surface area (Å²) >= 11 is 5.95. The van der Waals surface area contributed by atoms with E-state index < -0.39 is 16.1 Å². The van der Waals surface area contributed by atoms with Crippen LogP contribution in [0.25, 0.3) is 0 Å². The molecule has 0 fully saturated rings. The van der Waals surface area contributed by atoms with E-state index >= 15 is 0 Å². The van der Waals surface area contributed by atoms with E-state index in [1.165, 1.54) is 38.4 Å². The Labute approximate surface area is 156 Å². The molecule has 1 aliphatic rings. The third-order valence-electron chi connectivity index (χ3n) is 4.00. The van der Waals surface area contributed by atoms with Gasteiger partial charge in [-0.3, -0.25) is 9.63 Å². The minimum atomic E-state index is -3.73. The van der Waals surface area contributed by atoms with Crippen molar-refractivity contribution in [2.45, 2.75) is 17.4 Å². The summed E-state index contributed by atoms with van der Waals surface area (Å²) in [6, 6.07) is 11.0. The predicted molar refractivity (Wildman–Crippen MR) is 96.6 cm³/mol. The number of carbonyl (C=O) groups is 1. The predicted octanol–water partition coefficient (Wildman–Crippen LogP) is 2.46. The van der Waals surface area contributed by atoms with Crippen LogP contribution < -0.4 is 10.1 Å². The molecule has 1 N–H and O–H groups in total. The molecule has 1 unspecified atom stereocenters. The van der Waals surface area contributed by atoms with Crippen molar-refractivity contribution in [1.29, 1.82) is 0 Å². The number of rotatable bonds is 5. The number of fused-ring (bicyclic) bond motifs is 1. The highest BCUT2D eigenvalue weighted by atomic mass is 35.5. The fourth-order valence-electron chi connectivity index (χ4n) is 2.54. The molecule has 0 aliphatic carbocycles. The van der Waals surface area contributed by atoms with E-state index in [1.807, 2.05) is 0 Å². The van der Waals surface area contributed by atoms with Crippen molar-refractivity contribution in [1.82, 2.24) is 4.47 Å². The first-order valence-electron chi connectivity index (χ1n) is 7.70. The van der Waals surface area contributed by atoms with E-state index in [0.29, 0.717) is 22.9 Å². The smallest absolute Gasteiger partial charge is 0.265 e. The molecule has 0 saturated heterocycles. The van der Waals surface area contributed by atoms with Crippen LogP contribution in [0.3, 0.4) is 0 Å². The second-order valence-corrected chi connectivity index (χ2v) is 8.05. The van der Waals surface area contributed by atoms with Gasteiger partial charge in [0.15, 0.2) is 6.10 Å². The van der Waals surface area contributed by atoms with Gasteiger partial charge in [0, 0.05) is 24.2 Å². The number of nitrogens with zero attached hydrogens (tertiary/aromatic N) is 1. The van der Waals surface area contributed by atoms with Crippen LogP contribution in [-0.4, -0.2) is 39.1 Å². The second-order valence-electron chi connectivity index (χ2n) is 5.67. The first-order chi connectivity index (χ1) is 12.3. The van der Waals surface area contributed by atoms with Crippen molar-refractivity contribution in [3.8, 4) is 5.75 Å². The van der Waals surface area contributed by atoms with Crippen molar-refractivity contribution in [2.24, 2.45) is 0 Å². The molecule has 1 heterocycles. The molecule has 3 rings (SSSR count). The number of hydrogen-bond donors (Lipinski definition) is 1. The number of sulfonamides is 1. The number of carbonyl (C=O) groups excluding carboxylic acids is 1. The highest BCUT2D eigenvalue weighted by molar-refractivity contribution is 7.89. The Balaban J connectivity index is 1.68. The van der Waals surface area contributed by atoms with Gasteiger partial charge in [-0.1, -0.05) is 16.1 Å². The van der Waals surface area contributed by atoms with E-state index in [0.717, 1.165) is 10.0 Å². The molecule has 0 aromatic heterocycles. The van der Waals surface area contributed by atoms with Crippen molar-refractivity contribution < 1.29 is 22.8 Å². The molecule has 138 valence electrons. The van der Waals surface area contributed by atoms with Gasteiger partial charge in [0.2, 0.25) is 0 Å². The topological polar surface area (TPSA) is 84.9 Å². The van der Waals surface area contributed by atoms with Crippen molar-refractivity contribution in [2.75, 3.05) is 19.5 Å². The number of hydroxylamine groups is 1. The number of anilines is 1. The third-order valence-corrected chi connectivity index (χ3v) is 5.93. The lowest BCUT2D eigenvalue weighted by Gasteiger charge is -2.15. The standard InChI is InChI=1S/C17H17ClN2O5S/c1-20(24-2)26(22,23)14-6-4-13(5-7-14)19-17(21)16-10-11-9-12(18)3-8-15(11)25-16/h3-9,16H,10H2,1-2H3,(H,19,21). The monoisotopic (exact) mass is 396 g/mol. The first kappa shape index (κ1) is 18.7. The van der Waals surface area contributed by atoms with Gasteiger partial charge in [0.05, 0.1) is 12.0 Å². The molecule has 9 heteroatoms. The maximum atomic E-state index is 12.4. The van der Waals surface area contributed by atoms with Crippen LogP contribution in [0.5, 0.6) is 5.75 Å². The van der Waals surface area contributed by atoms with Gasteiger partial charge in [0.25, 0.3) is 15.9 Å². The number of benzene rings is 2. The number of halogens is 1. The molecule has 1 aliphatic heterocycles. The SMILES string of the molecule is CON(C)S(=O)(=O)c1ccc(NC(=O)C2Cc3cc(Cl)ccc3O2)cc1. The van der Waals surface area contributed by atoms with Crippen LogP contribution in [-0.2, 0) is 26.1 Å². The molecule has 0 spiro atoms. The lowest BCUT2D eigenvalue weighted by Crippen LogP contribution is -2.31.